The number of ether oxygens (including phenoxy) is 3. The van der Waals surface area contributed by atoms with Crippen LogP contribution in [0, 0.1) is 5.41 Å². The summed E-state index contributed by atoms with van der Waals surface area (Å²) in [6, 6.07) is 0. The first-order valence-corrected chi connectivity index (χ1v) is 6.63. The average molecular weight is 274 g/mol. The van der Waals surface area contributed by atoms with Gasteiger partial charge in [0.05, 0.1) is 0 Å². The molecule has 0 aromatic heterocycles. The Morgan fingerprint density at radius 1 is 0.684 bits per heavy atom. The Balaban J connectivity index is 4.83. The maximum absolute atomic E-state index is 12.0. The van der Waals surface area contributed by atoms with Crippen molar-refractivity contribution in [1.82, 2.24) is 0 Å². The van der Waals surface area contributed by atoms with Crippen molar-refractivity contribution in [1.29, 1.82) is 0 Å². The highest BCUT2D eigenvalue weighted by Gasteiger charge is 2.43. The fraction of sp³-hybridized carbons (Fsp3) is 0.933. The predicted octanol–water partition coefficient (Wildman–Crippen LogP) is 4.17. The monoisotopic (exact) mass is 274 g/mol. The maximum Gasteiger partial charge on any atom is 0.509 e. The normalized spacial score (nSPS) is 14.2. The quantitative estimate of drug-likeness (QED) is 0.722. The third-order valence-electron chi connectivity index (χ3n) is 4.44. The van der Waals surface area contributed by atoms with E-state index in [1.165, 1.54) is 0 Å². The lowest BCUT2D eigenvalue weighted by molar-refractivity contribution is -0.162. The molecule has 0 aromatic carbocycles. The van der Waals surface area contributed by atoms with E-state index in [2.05, 4.69) is 0 Å². The van der Waals surface area contributed by atoms with Crippen LogP contribution in [0.5, 0.6) is 0 Å². The third-order valence-corrected chi connectivity index (χ3v) is 4.44. The summed E-state index contributed by atoms with van der Waals surface area (Å²) < 4.78 is 16.3. The highest BCUT2D eigenvalue weighted by atomic mass is 16.7. The number of hydrogen-bond acceptors (Lipinski definition) is 4. The van der Waals surface area contributed by atoms with E-state index in [4.69, 9.17) is 14.2 Å². The average Bonchev–Trinajstić information content (AvgIpc) is 2.13. The molecule has 114 valence electrons. The highest BCUT2D eigenvalue weighted by molar-refractivity contribution is 5.61. The van der Waals surface area contributed by atoms with Gasteiger partial charge in [0.1, 0.15) is 16.8 Å². The molecule has 0 N–H and O–H groups in total. The Bertz CT molecular complexity index is 322. The van der Waals surface area contributed by atoms with Crippen LogP contribution < -0.4 is 0 Å². The Morgan fingerprint density at radius 3 is 1.37 bits per heavy atom. The van der Waals surface area contributed by atoms with Crippen molar-refractivity contribution in [2.24, 2.45) is 5.41 Å². The molecule has 0 aliphatic rings. The van der Waals surface area contributed by atoms with Crippen LogP contribution in [-0.4, -0.2) is 30.1 Å². The van der Waals surface area contributed by atoms with E-state index in [1.54, 1.807) is 7.11 Å². The Kier molecular flexibility index (Phi) is 5.10. The summed E-state index contributed by atoms with van der Waals surface area (Å²) in [5.41, 5.74) is -2.17. The van der Waals surface area contributed by atoms with Crippen molar-refractivity contribution in [2.45, 2.75) is 79.1 Å². The molecule has 0 heterocycles. The Morgan fingerprint density at radius 2 is 1.05 bits per heavy atom. The van der Waals surface area contributed by atoms with E-state index in [-0.39, 0.29) is 5.41 Å². The minimum absolute atomic E-state index is 0.174. The maximum atomic E-state index is 12.0. The lowest BCUT2D eigenvalue weighted by atomic mass is 9.79. The smallest absolute Gasteiger partial charge is 0.428 e. The van der Waals surface area contributed by atoms with Crippen molar-refractivity contribution < 1.29 is 19.0 Å². The van der Waals surface area contributed by atoms with Gasteiger partial charge in [0.25, 0.3) is 0 Å². The van der Waals surface area contributed by atoms with Crippen molar-refractivity contribution in [2.75, 3.05) is 7.11 Å². The number of carbonyl (C=O) groups excluding carboxylic acids is 1. The lowest BCUT2D eigenvalue weighted by Gasteiger charge is -2.41. The van der Waals surface area contributed by atoms with Gasteiger partial charge in [-0.05, 0) is 41.5 Å². The Labute approximate surface area is 117 Å². The van der Waals surface area contributed by atoms with E-state index in [9.17, 15) is 4.79 Å². The molecule has 0 aliphatic heterocycles. The highest BCUT2D eigenvalue weighted by Crippen LogP contribution is 2.35. The van der Waals surface area contributed by atoms with Gasteiger partial charge in [-0.25, -0.2) is 4.79 Å². The summed E-state index contributed by atoms with van der Waals surface area (Å²) in [5.74, 6) is 0. The molecule has 0 rings (SSSR count). The molecule has 0 saturated carbocycles. The minimum Gasteiger partial charge on any atom is -0.428 e. The minimum atomic E-state index is -0.785. The molecule has 0 spiro atoms. The first kappa shape index (κ1) is 18.2. The summed E-state index contributed by atoms with van der Waals surface area (Å²) in [4.78, 5) is 12.0. The van der Waals surface area contributed by atoms with E-state index < -0.39 is 23.0 Å². The summed E-state index contributed by atoms with van der Waals surface area (Å²) in [6.07, 6.45) is -0.671. The molecular formula is C15H30O4. The summed E-state index contributed by atoms with van der Waals surface area (Å²) in [7, 11) is 1.59. The van der Waals surface area contributed by atoms with Gasteiger partial charge >= 0.3 is 6.16 Å². The molecule has 0 bridgehead atoms. The van der Waals surface area contributed by atoms with E-state index >= 15 is 0 Å². The van der Waals surface area contributed by atoms with Crippen LogP contribution in [-0.2, 0) is 14.2 Å². The zero-order chi connectivity index (χ0) is 15.7. The molecule has 19 heavy (non-hydrogen) atoms. The van der Waals surface area contributed by atoms with Crippen LogP contribution in [0.25, 0.3) is 0 Å². The molecule has 4 nitrogen and oxygen atoms in total. The van der Waals surface area contributed by atoms with Crippen molar-refractivity contribution in [3.63, 3.8) is 0 Å². The second kappa shape index (κ2) is 5.31. The molecule has 0 radical (unpaired) electrons. The SMILES string of the molecule is COC(C)(C)C(C)(C)OC(=O)OC(C)(C)C(C)(C)C. The summed E-state index contributed by atoms with van der Waals surface area (Å²) >= 11 is 0. The molecule has 4 heteroatoms. The van der Waals surface area contributed by atoms with Gasteiger partial charge in [0, 0.05) is 12.5 Å². The lowest BCUT2D eigenvalue weighted by Crippen LogP contribution is -2.51. The van der Waals surface area contributed by atoms with Gasteiger partial charge in [0.2, 0.25) is 0 Å². The molecule has 0 aromatic rings. The molecular weight excluding hydrogens is 244 g/mol. The van der Waals surface area contributed by atoms with Gasteiger partial charge in [0.15, 0.2) is 0 Å². The first-order valence-electron chi connectivity index (χ1n) is 6.63. The predicted molar refractivity (Wildman–Crippen MR) is 76.3 cm³/mol. The molecule has 0 amide bonds. The van der Waals surface area contributed by atoms with Crippen LogP contribution in [0.2, 0.25) is 0 Å². The fourth-order valence-electron chi connectivity index (χ4n) is 0.959. The van der Waals surface area contributed by atoms with E-state index in [0.29, 0.717) is 0 Å². The van der Waals surface area contributed by atoms with Gasteiger partial charge in [-0.1, -0.05) is 20.8 Å². The molecule has 0 unspecified atom stereocenters. The van der Waals surface area contributed by atoms with Crippen molar-refractivity contribution in [3.05, 3.63) is 0 Å². The van der Waals surface area contributed by atoms with Crippen LogP contribution in [0.15, 0.2) is 0 Å². The van der Waals surface area contributed by atoms with Crippen LogP contribution >= 0.6 is 0 Å². The molecule has 0 saturated heterocycles. The zero-order valence-electron chi connectivity index (χ0n) is 14.1. The third kappa shape index (κ3) is 4.37. The van der Waals surface area contributed by atoms with Gasteiger partial charge in [-0.2, -0.15) is 0 Å². The number of hydrogen-bond donors (Lipinski definition) is 0. The topological polar surface area (TPSA) is 44.8 Å². The van der Waals surface area contributed by atoms with E-state index in [1.807, 2.05) is 62.3 Å². The molecule has 0 fully saturated rings. The van der Waals surface area contributed by atoms with Gasteiger partial charge in [-0.15, -0.1) is 0 Å². The summed E-state index contributed by atoms with van der Waals surface area (Å²) in [6.45, 7) is 17.2. The van der Waals surface area contributed by atoms with E-state index in [0.717, 1.165) is 0 Å². The standard InChI is InChI=1S/C15H30O4/c1-12(2,3)13(4,5)18-11(16)19-15(8,9)14(6,7)17-10/h1-10H3. The van der Waals surface area contributed by atoms with Crippen LogP contribution in [0.3, 0.4) is 0 Å². The summed E-state index contributed by atoms with van der Waals surface area (Å²) in [5, 5.41) is 0. The number of carbonyl (C=O) groups is 1. The van der Waals surface area contributed by atoms with Crippen molar-refractivity contribution in [3.8, 4) is 0 Å². The largest absolute Gasteiger partial charge is 0.509 e. The Hall–Kier alpha value is -0.770. The molecule has 0 atom stereocenters. The number of rotatable bonds is 4. The number of methoxy groups -OCH3 is 1. The molecule has 0 aliphatic carbocycles. The van der Waals surface area contributed by atoms with Crippen LogP contribution in [0.1, 0.15) is 62.3 Å². The zero-order valence-corrected chi connectivity index (χ0v) is 14.1. The van der Waals surface area contributed by atoms with Crippen molar-refractivity contribution >= 4 is 6.16 Å². The van der Waals surface area contributed by atoms with Crippen LogP contribution in [0.4, 0.5) is 4.79 Å². The van der Waals surface area contributed by atoms with Gasteiger partial charge < -0.3 is 14.2 Å². The second-order valence-electron chi connectivity index (χ2n) is 7.44. The fourth-order valence-corrected chi connectivity index (χ4v) is 0.959. The first-order chi connectivity index (χ1) is 8.16. The second-order valence-corrected chi connectivity index (χ2v) is 7.44. The van der Waals surface area contributed by atoms with Gasteiger partial charge in [-0.3, -0.25) is 0 Å².